The number of amides is 1. The first-order valence-corrected chi connectivity index (χ1v) is 13.7. The van der Waals surface area contributed by atoms with Crippen LogP contribution in [0.3, 0.4) is 0 Å². The highest BCUT2D eigenvalue weighted by Crippen LogP contribution is 2.26. The van der Waals surface area contributed by atoms with Crippen molar-refractivity contribution in [3.8, 4) is 0 Å². The zero-order chi connectivity index (χ0) is 28.0. The first-order chi connectivity index (χ1) is 17.9. The fraction of sp³-hybridized carbons (Fsp3) is 0.160. The number of ether oxygens (including phenoxy) is 2. The lowest BCUT2D eigenvalue weighted by molar-refractivity contribution is -0.116. The number of carbonyl (C=O) groups is 3. The van der Waals surface area contributed by atoms with Crippen molar-refractivity contribution < 1.29 is 32.3 Å². The summed E-state index contributed by atoms with van der Waals surface area (Å²) >= 11 is 15.5. The molecule has 3 rings (SSSR count). The quantitative estimate of drug-likeness (QED) is 0.320. The molecule has 0 unspecified atom stereocenters. The number of hydrogen-bond acceptors (Lipinski definition) is 7. The second-order valence-electron chi connectivity index (χ2n) is 7.79. The fourth-order valence-corrected chi connectivity index (χ4v) is 5.46. The van der Waals surface area contributed by atoms with E-state index in [4.69, 9.17) is 32.7 Å². The molecule has 0 heterocycles. The zero-order valence-corrected chi connectivity index (χ0v) is 23.9. The van der Waals surface area contributed by atoms with Crippen LogP contribution in [0.25, 0.3) is 0 Å². The maximum atomic E-state index is 13.5. The third-order valence-corrected chi connectivity index (χ3v) is 8.11. The molecule has 200 valence electrons. The van der Waals surface area contributed by atoms with Gasteiger partial charge in [-0.05, 0) is 60.2 Å². The zero-order valence-electron chi connectivity index (χ0n) is 20.0. The molecule has 13 heteroatoms. The fourth-order valence-electron chi connectivity index (χ4n) is 3.35. The Kier molecular flexibility index (Phi) is 9.91. The van der Waals surface area contributed by atoms with E-state index in [0.29, 0.717) is 15.1 Å². The average molecular weight is 644 g/mol. The number of nitrogens with one attached hydrogen (secondary N) is 1. The molecule has 3 aromatic carbocycles. The molecule has 0 saturated heterocycles. The highest BCUT2D eigenvalue weighted by molar-refractivity contribution is 9.10. The smallest absolute Gasteiger partial charge is 0.337 e. The van der Waals surface area contributed by atoms with Crippen LogP contribution in [0.2, 0.25) is 10.0 Å². The van der Waals surface area contributed by atoms with Crippen LogP contribution in [0, 0.1) is 0 Å². The summed E-state index contributed by atoms with van der Waals surface area (Å²) in [4.78, 5) is 37.2. The van der Waals surface area contributed by atoms with Crippen LogP contribution in [-0.4, -0.2) is 51.3 Å². The molecule has 0 aliphatic heterocycles. The Morgan fingerprint density at radius 1 is 0.895 bits per heavy atom. The first-order valence-electron chi connectivity index (χ1n) is 10.8. The van der Waals surface area contributed by atoms with Gasteiger partial charge < -0.3 is 14.8 Å². The topological polar surface area (TPSA) is 119 Å². The lowest BCUT2D eigenvalue weighted by atomic mass is 10.1. The third-order valence-electron chi connectivity index (χ3n) is 5.19. The summed E-state index contributed by atoms with van der Waals surface area (Å²) in [5.74, 6) is -2.24. The third kappa shape index (κ3) is 7.33. The van der Waals surface area contributed by atoms with Crippen LogP contribution < -0.4 is 5.32 Å². The van der Waals surface area contributed by atoms with Crippen molar-refractivity contribution in [2.75, 3.05) is 26.1 Å². The molecule has 0 aromatic heterocycles. The van der Waals surface area contributed by atoms with E-state index in [2.05, 4.69) is 21.2 Å². The van der Waals surface area contributed by atoms with Gasteiger partial charge in [0.2, 0.25) is 15.9 Å². The summed E-state index contributed by atoms with van der Waals surface area (Å²) in [5.41, 5.74) is 0.449. The Bertz CT molecular complexity index is 1450. The van der Waals surface area contributed by atoms with Crippen LogP contribution in [0.4, 0.5) is 5.69 Å². The minimum atomic E-state index is -4.17. The molecule has 9 nitrogen and oxygen atoms in total. The van der Waals surface area contributed by atoms with E-state index in [1.807, 2.05) is 0 Å². The second-order valence-corrected chi connectivity index (χ2v) is 11.5. The van der Waals surface area contributed by atoms with Gasteiger partial charge >= 0.3 is 11.9 Å². The number of rotatable bonds is 9. The Morgan fingerprint density at radius 3 is 2.00 bits per heavy atom. The average Bonchev–Trinajstić information content (AvgIpc) is 2.88. The predicted octanol–water partition coefficient (Wildman–Crippen LogP) is 5.16. The van der Waals surface area contributed by atoms with E-state index >= 15 is 0 Å². The minimum Gasteiger partial charge on any atom is -0.465 e. The van der Waals surface area contributed by atoms with Gasteiger partial charge in [0.15, 0.2) is 0 Å². The van der Waals surface area contributed by atoms with E-state index in [9.17, 15) is 22.8 Å². The molecule has 0 spiro atoms. The van der Waals surface area contributed by atoms with Gasteiger partial charge in [-0.3, -0.25) is 4.79 Å². The van der Waals surface area contributed by atoms with Crippen molar-refractivity contribution >= 4 is 72.7 Å². The molecule has 0 aliphatic rings. The first kappa shape index (κ1) is 29.6. The highest BCUT2D eigenvalue weighted by Gasteiger charge is 2.28. The highest BCUT2D eigenvalue weighted by atomic mass is 79.9. The van der Waals surface area contributed by atoms with Gasteiger partial charge in [0, 0.05) is 26.8 Å². The molecule has 0 radical (unpaired) electrons. The van der Waals surface area contributed by atoms with Crippen LogP contribution in [0.5, 0.6) is 0 Å². The molecule has 38 heavy (non-hydrogen) atoms. The number of carbonyl (C=O) groups excluding carboxylic acids is 3. The molecule has 0 atom stereocenters. The Balaban J connectivity index is 1.95. The standard InChI is InChI=1S/C25H21BrCl2N2O7S/c1-36-24(32)16-9-17(25(33)37-2)11-20(10-16)29-23(31)14-30(13-15-3-6-19(27)12-22(15)28)38(34,35)21-7-4-18(26)5-8-21/h3-12H,13-14H2,1-2H3,(H,29,31). The molecular weight excluding hydrogens is 623 g/mol. The summed E-state index contributed by atoms with van der Waals surface area (Å²) in [6.07, 6.45) is 0. The largest absolute Gasteiger partial charge is 0.465 e. The predicted molar refractivity (Wildman–Crippen MR) is 146 cm³/mol. The van der Waals surface area contributed by atoms with Crippen molar-refractivity contribution in [2.24, 2.45) is 0 Å². The maximum absolute atomic E-state index is 13.5. The SMILES string of the molecule is COC(=O)c1cc(NC(=O)CN(Cc2ccc(Cl)cc2Cl)S(=O)(=O)c2ccc(Br)cc2)cc(C(=O)OC)c1. The molecule has 0 saturated carbocycles. The number of halogens is 3. The minimum absolute atomic E-state index is 0.0158. The van der Waals surface area contributed by atoms with Gasteiger partial charge in [-0.1, -0.05) is 45.2 Å². The Morgan fingerprint density at radius 2 is 1.47 bits per heavy atom. The maximum Gasteiger partial charge on any atom is 0.337 e. The van der Waals surface area contributed by atoms with Crippen LogP contribution in [0.1, 0.15) is 26.3 Å². The second kappa shape index (κ2) is 12.7. The van der Waals surface area contributed by atoms with Crippen LogP contribution in [-0.2, 0) is 30.8 Å². The van der Waals surface area contributed by atoms with Gasteiger partial charge in [-0.15, -0.1) is 0 Å². The van der Waals surface area contributed by atoms with E-state index in [-0.39, 0.29) is 33.3 Å². The monoisotopic (exact) mass is 642 g/mol. The van der Waals surface area contributed by atoms with Crippen molar-refractivity contribution in [3.63, 3.8) is 0 Å². The van der Waals surface area contributed by atoms with Crippen LogP contribution >= 0.6 is 39.1 Å². The molecule has 0 fully saturated rings. The molecule has 3 aromatic rings. The van der Waals surface area contributed by atoms with Crippen molar-refractivity contribution in [1.29, 1.82) is 0 Å². The van der Waals surface area contributed by atoms with Crippen LogP contribution in [0.15, 0.2) is 70.0 Å². The molecule has 1 amide bonds. The number of nitrogens with zero attached hydrogens (tertiary/aromatic N) is 1. The summed E-state index contributed by atoms with van der Waals surface area (Å²) in [6.45, 7) is -0.856. The van der Waals surface area contributed by atoms with Crippen molar-refractivity contribution in [2.45, 2.75) is 11.4 Å². The number of sulfonamides is 1. The van der Waals surface area contributed by atoms with Crippen molar-refractivity contribution in [1.82, 2.24) is 4.31 Å². The normalized spacial score (nSPS) is 11.2. The van der Waals surface area contributed by atoms with Gasteiger partial charge in [0.1, 0.15) is 0 Å². The lowest BCUT2D eigenvalue weighted by Gasteiger charge is -2.23. The van der Waals surface area contributed by atoms with E-state index in [1.165, 1.54) is 36.4 Å². The van der Waals surface area contributed by atoms with Gasteiger partial charge in [-0.2, -0.15) is 4.31 Å². The number of methoxy groups -OCH3 is 2. The summed E-state index contributed by atoms with van der Waals surface area (Å²) in [7, 11) is -1.84. The summed E-state index contributed by atoms with van der Waals surface area (Å²) in [5, 5.41) is 3.12. The Labute approximate surface area is 237 Å². The van der Waals surface area contributed by atoms with E-state index in [1.54, 1.807) is 24.3 Å². The van der Waals surface area contributed by atoms with Gasteiger partial charge in [-0.25, -0.2) is 18.0 Å². The molecule has 0 aliphatic carbocycles. The molecular formula is C25H21BrCl2N2O7S. The van der Waals surface area contributed by atoms with E-state index in [0.717, 1.165) is 18.5 Å². The lowest BCUT2D eigenvalue weighted by Crippen LogP contribution is -2.37. The summed E-state index contributed by atoms with van der Waals surface area (Å²) in [6, 6.07) is 14.3. The number of hydrogen-bond donors (Lipinski definition) is 1. The van der Waals surface area contributed by atoms with Crippen molar-refractivity contribution in [3.05, 3.63) is 91.9 Å². The van der Waals surface area contributed by atoms with Gasteiger partial charge in [0.25, 0.3) is 0 Å². The summed E-state index contributed by atoms with van der Waals surface area (Å²) < 4.78 is 38.1. The van der Waals surface area contributed by atoms with E-state index < -0.39 is 34.4 Å². The number of anilines is 1. The molecule has 1 N–H and O–H groups in total. The number of benzene rings is 3. The molecule has 0 bridgehead atoms. The van der Waals surface area contributed by atoms with Gasteiger partial charge in [0.05, 0.1) is 36.8 Å². The number of esters is 2. The Hall–Kier alpha value is -2.96.